The molecule has 0 unspecified atom stereocenters. The smallest absolute Gasteiger partial charge is 0.192 e. The average molecular weight is 491 g/mol. The van der Waals surface area contributed by atoms with Crippen LogP contribution >= 0.6 is 0 Å². The summed E-state index contributed by atoms with van der Waals surface area (Å²) in [5.74, 6) is 0.570. The molecule has 0 amide bonds. The molecule has 37 heavy (non-hydrogen) atoms. The van der Waals surface area contributed by atoms with E-state index < -0.39 is 0 Å². The molecule has 184 valence electrons. The van der Waals surface area contributed by atoms with Gasteiger partial charge in [-0.1, -0.05) is 48.6 Å². The number of benzene rings is 1. The normalized spacial score (nSPS) is 19.2. The zero-order valence-electron chi connectivity index (χ0n) is 20.3. The first-order valence-corrected chi connectivity index (χ1v) is 12.5. The van der Waals surface area contributed by atoms with Crippen LogP contribution in [0.1, 0.15) is 30.6 Å². The fourth-order valence-electron chi connectivity index (χ4n) is 5.00. The molecule has 3 aliphatic rings. The summed E-state index contributed by atoms with van der Waals surface area (Å²) in [6, 6.07) is 8.64. The molecule has 6 heteroatoms. The molecule has 0 radical (unpaired) electrons. The van der Waals surface area contributed by atoms with Gasteiger partial charge < -0.3 is 18.6 Å². The van der Waals surface area contributed by atoms with Crippen LogP contribution in [-0.2, 0) is 0 Å². The van der Waals surface area contributed by atoms with E-state index in [0.29, 0.717) is 41.8 Å². The Morgan fingerprint density at radius 1 is 0.757 bits per heavy atom. The van der Waals surface area contributed by atoms with E-state index >= 15 is 0 Å². The first kappa shape index (κ1) is 22.9. The highest BCUT2D eigenvalue weighted by molar-refractivity contribution is 5.81. The summed E-state index contributed by atoms with van der Waals surface area (Å²) >= 11 is 0. The Bertz CT molecular complexity index is 1660. The molecule has 1 aromatic carbocycles. The van der Waals surface area contributed by atoms with Crippen molar-refractivity contribution in [3.63, 3.8) is 0 Å². The second kappa shape index (κ2) is 9.82. The van der Waals surface area contributed by atoms with Crippen molar-refractivity contribution in [1.82, 2.24) is 4.90 Å². The van der Waals surface area contributed by atoms with Crippen LogP contribution in [0, 0.1) is 0 Å². The molecule has 3 aromatic rings. The van der Waals surface area contributed by atoms with Gasteiger partial charge in [-0.25, -0.2) is 0 Å². The highest BCUT2D eigenvalue weighted by Gasteiger charge is 2.25. The number of rotatable bonds is 2. The molecule has 6 rings (SSSR count). The molecule has 0 spiro atoms. The van der Waals surface area contributed by atoms with Crippen LogP contribution in [0.15, 0.2) is 121 Å². The highest BCUT2D eigenvalue weighted by atomic mass is 16.3. The summed E-state index contributed by atoms with van der Waals surface area (Å²) in [7, 11) is 0. The van der Waals surface area contributed by atoms with Crippen LogP contribution in [-0.4, -0.2) is 18.0 Å². The molecule has 0 saturated carbocycles. The van der Waals surface area contributed by atoms with Crippen molar-refractivity contribution in [3.8, 4) is 0 Å². The number of hydrogen-bond donors (Lipinski definition) is 0. The average Bonchev–Trinajstić information content (AvgIpc) is 3.14. The summed E-state index contributed by atoms with van der Waals surface area (Å²) in [5.41, 5.74) is 5.21. The van der Waals surface area contributed by atoms with Crippen LogP contribution in [0.5, 0.6) is 0 Å². The van der Waals surface area contributed by atoms with Crippen molar-refractivity contribution in [2.24, 2.45) is 0 Å². The van der Waals surface area contributed by atoms with Crippen molar-refractivity contribution in [3.05, 3.63) is 134 Å². The summed E-state index contributed by atoms with van der Waals surface area (Å²) in [6.07, 6.45) is 24.2. The molecular weight excluding hydrogens is 464 g/mol. The molecule has 3 heterocycles. The van der Waals surface area contributed by atoms with E-state index in [1.54, 1.807) is 0 Å². The van der Waals surface area contributed by atoms with Crippen molar-refractivity contribution in [2.75, 3.05) is 18.0 Å². The van der Waals surface area contributed by atoms with Gasteiger partial charge in [-0.15, -0.1) is 0 Å². The van der Waals surface area contributed by atoms with E-state index in [0.717, 1.165) is 35.6 Å². The topological polar surface area (TPSA) is 66.9 Å². The highest BCUT2D eigenvalue weighted by Crippen LogP contribution is 2.35. The zero-order valence-corrected chi connectivity index (χ0v) is 20.3. The van der Waals surface area contributed by atoms with Gasteiger partial charge in [-0.05, 0) is 25.0 Å². The molecule has 2 aromatic heterocycles. The monoisotopic (exact) mass is 490 g/mol. The second-order valence-electron chi connectivity index (χ2n) is 9.10. The SMILES string of the molecule is O=c1ccoc2c1C=CCC(N1C/C=C\C=C/CN(c3ccc4c(=O)ccoc4c3)C3=CCCC=C31)=C2. The summed E-state index contributed by atoms with van der Waals surface area (Å²) in [5, 5.41) is 0.566. The van der Waals surface area contributed by atoms with Gasteiger partial charge in [0.2, 0.25) is 0 Å². The Morgan fingerprint density at radius 3 is 2.32 bits per heavy atom. The summed E-state index contributed by atoms with van der Waals surface area (Å²) in [4.78, 5) is 29.2. The van der Waals surface area contributed by atoms with E-state index in [-0.39, 0.29) is 10.9 Å². The number of allylic oxidation sites excluding steroid dienone is 5. The third kappa shape index (κ3) is 4.42. The molecule has 0 atom stereocenters. The van der Waals surface area contributed by atoms with Crippen molar-refractivity contribution in [1.29, 1.82) is 0 Å². The Hall–Kier alpha value is -4.58. The van der Waals surface area contributed by atoms with Gasteiger partial charge in [-0.3, -0.25) is 9.59 Å². The molecular formula is C31H26N2O4. The molecule has 1 aliphatic heterocycles. The minimum absolute atomic E-state index is 0.0485. The zero-order chi connectivity index (χ0) is 25.2. The Balaban J connectivity index is 1.46. The van der Waals surface area contributed by atoms with Gasteiger partial charge in [0.1, 0.15) is 11.3 Å². The van der Waals surface area contributed by atoms with Gasteiger partial charge >= 0.3 is 0 Å². The Kier molecular flexibility index (Phi) is 6.06. The van der Waals surface area contributed by atoms with Crippen molar-refractivity contribution < 1.29 is 8.83 Å². The lowest BCUT2D eigenvalue weighted by atomic mass is 10.0. The van der Waals surface area contributed by atoms with Crippen molar-refractivity contribution >= 4 is 28.8 Å². The van der Waals surface area contributed by atoms with Crippen LogP contribution in [0.3, 0.4) is 0 Å². The predicted octanol–water partition coefficient (Wildman–Crippen LogP) is 6.00. The fourth-order valence-corrected chi connectivity index (χ4v) is 5.00. The fraction of sp³-hybridized carbons (Fsp3) is 0.161. The van der Waals surface area contributed by atoms with E-state index in [4.69, 9.17) is 8.83 Å². The summed E-state index contributed by atoms with van der Waals surface area (Å²) in [6.45, 7) is 1.32. The maximum absolute atomic E-state index is 12.4. The maximum Gasteiger partial charge on any atom is 0.192 e. The number of fused-ring (bicyclic) bond motifs is 3. The first-order chi connectivity index (χ1) is 18.2. The Labute approximate surface area is 214 Å². The van der Waals surface area contributed by atoms with Crippen molar-refractivity contribution in [2.45, 2.75) is 19.3 Å². The van der Waals surface area contributed by atoms with Gasteiger partial charge in [-0.2, -0.15) is 0 Å². The standard InChI is InChI=1S/C31H26N2O4/c34-28-14-18-36-30-20-22(8-7-9-24(28)30)32-16-5-1-2-6-17-33(27-11-4-3-10-26(27)32)23-12-13-25-29(35)15-19-37-31(25)21-23/h1-2,5-7,9-15,18-21H,3-4,8,16-17H2/b5-1-,6-2-. The maximum atomic E-state index is 12.4. The predicted molar refractivity (Wildman–Crippen MR) is 147 cm³/mol. The lowest BCUT2D eigenvalue weighted by Crippen LogP contribution is -2.33. The van der Waals surface area contributed by atoms with Gasteiger partial charge in [0.05, 0.1) is 34.9 Å². The van der Waals surface area contributed by atoms with E-state index in [1.807, 2.05) is 36.4 Å². The van der Waals surface area contributed by atoms with Crippen LogP contribution in [0.4, 0.5) is 5.69 Å². The lowest BCUT2D eigenvalue weighted by Gasteiger charge is -2.37. The third-order valence-corrected chi connectivity index (χ3v) is 6.80. The molecule has 0 saturated heterocycles. The van der Waals surface area contributed by atoms with Gasteiger partial charge in [0.25, 0.3) is 0 Å². The lowest BCUT2D eigenvalue weighted by molar-refractivity contribution is 0.463. The minimum Gasteiger partial charge on any atom is -0.464 e. The Morgan fingerprint density at radius 2 is 1.49 bits per heavy atom. The van der Waals surface area contributed by atoms with E-state index in [2.05, 4.69) is 46.3 Å². The quantitative estimate of drug-likeness (QED) is 0.439. The molecule has 6 nitrogen and oxygen atoms in total. The van der Waals surface area contributed by atoms with Gasteiger partial charge in [0.15, 0.2) is 10.9 Å². The molecule has 0 fully saturated rings. The van der Waals surface area contributed by atoms with Gasteiger partial charge in [0, 0.05) is 55.2 Å². The minimum atomic E-state index is -0.0530. The first-order valence-electron chi connectivity index (χ1n) is 12.5. The largest absolute Gasteiger partial charge is 0.464 e. The number of nitrogens with zero attached hydrogens (tertiary/aromatic N) is 2. The van der Waals surface area contributed by atoms with E-state index in [9.17, 15) is 9.59 Å². The number of hydrogen-bond acceptors (Lipinski definition) is 6. The van der Waals surface area contributed by atoms with Crippen LogP contribution in [0.25, 0.3) is 23.1 Å². The third-order valence-electron chi connectivity index (χ3n) is 6.80. The molecule has 0 bridgehead atoms. The second-order valence-corrected chi connectivity index (χ2v) is 9.10. The molecule has 2 aliphatic carbocycles. The number of anilines is 1. The molecule has 0 N–H and O–H groups in total. The summed E-state index contributed by atoms with van der Waals surface area (Å²) < 4.78 is 11.4. The van der Waals surface area contributed by atoms with E-state index in [1.165, 1.54) is 24.7 Å². The van der Waals surface area contributed by atoms with Crippen LogP contribution < -0.4 is 15.8 Å². The van der Waals surface area contributed by atoms with Crippen LogP contribution in [0.2, 0.25) is 0 Å².